The van der Waals surface area contributed by atoms with Crippen molar-refractivity contribution in [2.75, 3.05) is 39.8 Å². The number of halogens is 1. The standard InChI is InChI=1S/C33H39ClN2O10/c1-44-25-8-11-36(19-25)30(40)23(18-35-12-9-33(10-13-35)26-5-3-2-4-21(26)20-45-33)14-22-15-24(6-7-27(22)34)46-29(39)17-32(43,31(41)42)16-28(37)38/h2-7,15,23,25,43H,8-14,16-20H2,1H3,(H,37,38)(H,41,42). The number of ether oxygens (including phenoxy) is 3. The average Bonchev–Trinajstić information content (AvgIpc) is 3.64. The predicted molar refractivity (Wildman–Crippen MR) is 164 cm³/mol. The molecule has 3 aliphatic heterocycles. The lowest BCUT2D eigenvalue weighted by atomic mass is 9.83. The maximum atomic E-state index is 13.9. The highest BCUT2D eigenvalue weighted by Crippen LogP contribution is 2.44. The molecule has 3 N–H and O–H groups in total. The lowest BCUT2D eigenvalue weighted by molar-refractivity contribution is -0.169. The van der Waals surface area contributed by atoms with Gasteiger partial charge in [-0.15, -0.1) is 0 Å². The number of amides is 1. The Bertz CT molecular complexity index is 1480. The van der Waals surface area contributed by atoms with Crippen molar-refractivity contribution in [2.45, 2.75) is 62.4 Å². The summed E-state index contributed by atoms with van der Waals surface area (Å²) >= 11 is 6.57. The highest BCUT2D eigenvalue weighted by molar-refractivity contribution is 6.31. The summed E-state index contributed by atoms with van der Waals surface area (Å²) in [6.07, 6.45) is 0.313. The molecule has 5 rings (SSSR count). The van der Waals surface area contributed by atoms with Crippen LogP contribution in [0.25, 0.3) is 0 Å². The Morgan fingerprint density at radius 1 is 1.09 bits per heavy atom. The third-order valence-corrected chi connectivity index (χ3v) is 9.66. The number of hydrogen-bond donors (Lipinski definition) is 3. The number of benzene rings is 2. The second-order valence-electron chi connectivity index (χ2n) is 12.4. The van der Waals surface area contributed by atoms with Gasteiger partial charge >= 0.3 is 17.9 Å². The van der Waals surface area contributed by atoms with E-state index in [1.807, 2.05) is 17.0 Å². The molecule has 2 aromatic carbocycles. The van der Waals surface area contributed by atoms with Gasteiger partial charge in [0.2, 0.25) is 5.91 Å². The number of esters is 1. The third kappa shape index (κ3) is 7.53. The van der Waals surface area contributed by atoms with Crippen molar-refractivity contribution in [3.63, 3.8) is 0 Å². The monoisotopic (exact) mass is 658 g/mol. The highest BCUT2D eigenvalue weighted by atomic mass is 35.5. The number of aliphatic carboxylic acids is 2. The topological polar surface area (TPSA) is 163 Å². The summed E-state index contributed by atoms with van der Waals surface area (Å²) in [6.45, 7) is 3.64. The van der Waals surface area contributed by atoms with Crippen LogP contribution in [-0.4, -0.2) is 100 Å². The molecule has 3 heterocycles. The predicted octanol–water partition coefficient (Wildman–Crippen LogP) is 2.85. The van der Waals surface area contributed by atoms with Crippen LogP contribution < -0.4 is 4.74 Å². The number of hydrogen-bond acceptors (Lipinski definition) is 9. The number of rotatable bonds is 12. The number of carboxylic acid groups (broad SMARTS) is 2. The molecule has 2 aromatic rings. The molecule has 3 atom stereocenters. The van der Waals surface area contributed by atoms with E-state index in [4.69, 9.17) is 30.9 Å². The van der Waals surface area contributed by atoms with E-state index >= 15 is 0 Å². The van der Waals surface area contributed by atoms with Gasteiger partial charge in [-0.3, -0.25) is 14.4 Å². The van der Waals surface area contributed by atoms with E-state index in [1.165, 1.54) is 29.3 Å². The van der Waals surface area contributed by atoms with Gasteiger partial charge in [-0.25, -0.2) is 4.79 Å². The molecule has 0 bridgehead atoms. The number of aliphatic hydroxyl groups is 1. The zero-order valence-electron chi connectivity index (χ0n) is 25.7. The smallest absolute Gasteiger partial charge is 0.336 e. The first-order valence-electron chi connectivity index (χ1n) is 15.3. The van der Waals surface area contributed by atoms with Crippen molar-refractivity contribution < 1.29 is 48.7 Å². The van der Waals surface area contributed by atoms with Crippen molar-refractivity contribution in [3.8, 4) is 5.75 Å². The summed E-state index contributed by atoms with van der Waals surface area (Å²) < 4.78 is 17.1. The van der Waals surface area contributed by atoms with Crippen LogP contribution in [0, 0.1) is 5.92 Å². The quantitative estimate of drug-likeness (QED) is 0.227. The van der Waals surface area contributed by atoms with Crippen LogP contribution in [-0.2, 0) is 47.3 Å². The Morgan fingerprint density at radius 3 is 2.50 bits per heavy atom. The molecule has 248 valence electrons. The van der Waals surface area contributed by atoms with E-state index in [9.17, 15) is 29.4 Å². The van der Waals surface area contributed by atoms with Crippen LogP contribution in [0.3, 0.4) is 0 Å². The fraction of sp³-hybridized carbons (Fsp3) is 0.515. The van der Waals surface area contributed by atoms with E-state index in [1.54, 1.807) is 7.11 Å². The largest absolute Gasteiger partial charge is 0.481 e. The number of likely N-dealkylation sites (tertiary alicyclic amines) is 2. The molecule has 2 saturated heterocycles. The minimum Gasteiger partial charge on any atom is -0.481 e. The normalized spacial score (nSPS) is 21.0. The summed E-state index contributed by atoms with van der Waals surface area (Å²) in [4.78, 5) is 53.1. The molecule has 1 spiro atoms. The first-order valence-corrected chi connectivity index (χ1v) is 15.7. The number of fused-ring (bicyclic) bond motifs is 2. The van der Waals surface area contributed by atoms with Gasteiger partial charge in [0.1, 0.15) is 5.75 Å². The number of carboxylic acids is 2. The molecule has 0 radical (unpaired) electrons. The highest BCUT2D eigenvalue weighted by Gasteiger charge is 2.44. The average molecular weight is 659 g/mol. The Hall–Kier alpha value is -3.55. The minimum atomic E-state index is -2.83. The van der Waals surface area contributed by atoms with Gasteiger partial charge in [0.25, 0.3) is 0 Å². The van der Waals surface area contributed by atoms with Crippen LogP contribution >= 0.6 is 11.6 Å². The van der Waals surface area contributed by atoms with Crippen molar-refractivity contribution in [2.24, 2.45) is 5.92 Å². The van der Waals surface area contributed by atoms with E-state index in [2.05, 4.69) is 17.0 Å². The molecule has 1 amide bonds. The molecular formula is C33H39ClN2O10. The number of piperidine rings is 1. The summed E-state index contributed by atoms with van der Waals surface area (Å²) in [5.41, 5.74) is -0.132. The summed E-state index contributed by atoms with van der Waals surface area (Å²) in [5.74, 6) is -5.04. The molecule has 46 heavy (non-hydrogen) atoms. The Morgan fingerprint density at radius 2 is 1.83 bits per heavy atom. The van der Waals surface area contributed by atoms with Crippen LogP contribution in [0.4, 0.5) is 0 Å². The third-order valence-electron chi connectivity index (χ3n) is 9.29. The SMILES string of the molecule is COC1CCN(C(=O)C(Cc2cc(OC(=O)CC(O)(CC(=O)O)C(=O)O)ccc2Cl)CN2CCC3(CC2)OCc2ccccc23)C1. The van der Waals surface area contributed by atoms with Crippen LogP contribution in [0.5, 0.6) is 5.75 Å². The van der Waals surface area contributed by atoms with Crippen molar-refractivity contribution >= 4 is 35.4 Å². The van der Waals surface area contributed by atoms with Crippen molar-refractivity contribution in [3.05, 3.63) is 64.2 Å². The first-order chi connectivity index (χ1) is 21.9. The van der Waals surface area contributed by atoms with Gasteiger partial charge in [-0.1, -0.05) is 35.9 Å². The lowest BCUT2D eigenvalue weighted by Crippen LogP contribution is -2.47. The fourth-order valence-electron chi connectivity index (χ4n) is 6.72. The summed E-state index contributed by atoms with van der Waals surface area (Å²) in [5, 5.41) is 28.9. The maximum absolute atomic E-state index is 13.9. The number of methoxy groups -OCH3 is 1. The number of carbonyl (C=O) groups excluding carboxylic acids is 2. The van der Waals surface area contributed by atoms with E-state index in [-0.39, 0.29) is 29.8 Å². The molecule has 0 saturated carbocycles. The molecular weight excluding hydrogens is 620 g/mol. The molecule has 3 unspecified atom stereocenters. The van der Waals surface area contributed by atoms with E-state index in [0.717, 1.165) is 32.4 Å². The van der Waals surface area contributed by atoms with Gasteiger partial charge in [-0.2, -0.15) is 0 Å². The molecule has 2 fully saturated rings. The zero-order valence-corrected chi connectivity index (χ0v) is 26.4. The van der Waals surface area contributed by atoms with Gasteiger partial charge in [0.05, 0.1) is 37.1 Å². The van der Waals surface area contributed by atoms with E-state index in [0.29, 0.717) is 36.8 Å². The second kappa shape index (κ2) is 14.1. The van der Waals surface area contributed by atoms with Gasteiger partial charge in [0, 0.05) is 44.9 Å². The molecule has 12 nitrogen and oxygen atoms in total. The second-order valence-corrected chi connectivity index (χ2v) is 12.8. The molecule has 13 heteroatoms. The maximum Gasteiger partial charge on any atom is 0.336 e. The van der Waals surface area contributed by atoms with Crippen molar-refractivity contribution in [1.29, 1.82) is 0 Å². The molecule has 0 aromatic heterocycles. The lowest BCUT2D eigenvalue weighted by Gasteiger charge is -2.40. The number of carbonyl (C=O) groups is 4. The van der Waals surface area contributed by atoms with Crippen LogP contribution in [0.15, 0.2) is 42.5 Å². The fourth-order valence-corrected chi connectivity index (χ4v) is 6.92. The van der Waals surface area contributed by atoms with Gasteiger partial charge in [-0.05, 0) is 60.6 Å². The van der Waals surface area contributed by atoms with Crippen molar-refractivity contribution in [1.82, 2.24) is 9.80 Å². The van der Waals surface area contributed by atoms with Gasteiger partial charge < -0.3 is 39.3 Å². The van der Waals surface area contributed by atoms with Crippen LogP contribution in [0.2, 0.25) is 5.02 Å². The molecule has 0 aliphatic carbocycles. The minimum absolute atomic E-state index is 0.0243. The van der Waals surface area contributed by atoms with E-state index < -0.39 is 42.3 Å². The van der Waals surface area contributed by atoms with Gasteiger partial charge in [0.15, 0.2) is 5.60 Å². The zero-order chi connectivity index (χ0) is 33.1. The summed E-state index contributed by atoms with van der Waals surface area (Å²) in [7, 11) is 1.63. The first kappa shape index (κ1) is 33.8. The van der Waals surface area contributed by atoms with Crippen LogP contribution in [0.1, 0.15) is 48.8 Å². The number of nitrogens with zero attached hydrogens (tertiary/aromatic N) is 2. The molecule has 3 aliphatic rings. The Labute approximate surface area is 271 Å². The Balaban J connectivity index is 1.30. The Kier molecular flexibility index (Phi) is 10.3. The summed E-state index contributed by atoms with van der Waals surface area (Å²) in [6, 6.07) is 12.7.